The molecule has 0 spiro atoms. The molecular weight excluding hydrogens is 456 g/mol. The molecule has 0 unspecified atom stereocenters. The number of carbonyl (C=O) groups is 1. The Bertz CT molecular complexity index is 1340. The molecule has 188 valence electrons. The maximum Gasteiger partial charge on any atom is 0.319 e. The first-order valence-corrected chi connectivity index (χ1v) is 12.2. The number of carbonyl (C=O) groups excluding carboxylic acids is 1. The Labute approximate surface area is 210 Å². The molecule has 2 N–H and O–H groups in total. The van der Waals surface area contributed by atoms with Crippen molar-refractivity contribution in [3.05, 3.63) is 66.1 Å². The van der Waals surface area contributed by atoms with Crippen LogP contribution in [0, 0.1) is 6.92 Å². The molecule has 0 atom stereocenters. The van der Waals surface area contributed by atoms with Crippen LogP contribution >= 0.6 is 0 Å². The third kappa shape index (κ3) is 4.90. The van der Waals surface area contributed by atoms with E-state index in [1.165, 1.54) is 18.2 Å². The van der Waals surface area contributed by atoms with Gasteiger partial charge in [0, 0.05) is 44.5 Å². The summed E-state index contributed by atoms with van der Waals surface area (Å²) in [6.07, 6.45) is 7.43. The Morgan fingerprint density at radius 3 is 2.64 bits per heavy atom. The standard InChI is InChI=1S/C26H32N8O2/c1-19-6-8-20(9-7-19)26(18-27-16-23(35)36-3)10-13-33(14-11-26)22-5-4-12-34-24(22)30-25(31-34)29-21-15-28-32(2)17-21/h4-9,12,15,17,27H,10-11,13-14,16,18H2,1-3H3,(H,29,31). The van der Waals surface area contributed by atoms with Gasteiger partial charge in [-0.15, -0.1) is 5.10 Å². The number of piperidine rings is 1. The summed E-state index contributed by atoms with van der Waals surface area (Å²) < 4.78 is 8.36. The number of ether oxygens (including phenoxy) is 1. The molecule has 1 saturated heterocycles. The maximum absolute atomic E-state index is 11.7. The molecule has 4 heterocycles. The molecule has 0 amide bonds. The van der Waals surface area contributed by atoms with Crippen LogP contribution in [0.2, 0.25) is 0 Å². The lowest BCUT2D eigenvalue weighted by atomic mass is 9.72. The summed E-state index contributed by atoms with van der Waals surface area (Å²) in [6.45, 7) is 4.76. The number of esters is 1. The number of fused-ring (bicyclic) bond motifs is 1. The molecule has 1 aliphatic heterocycles. The first-order valence-electron chi connectivity index (χ1n) is 12.2. The lowest BCUT2D eigenvalue weighted by Gasteiger charge is -2.43. The number of rotatable bonds is 8. The van der Waals surface area contributed by atoms with Crippen LogP contribution in [0.1, 0.15) is 24.0 Å². The van der Waals surface area contributed by atoms with Crippen molar-refractivity contribution >= 4 is 28.9 Å². The van der Waals surface area contributed by atoms with Crippen molar-refractivity contribution in [3.63, 3.8) is 0 Å². The number of nitrogens with one attached hydrogen (secondary N) is 2. The highest BCUT2D eigenvalue weighted by Crippen LogP contribution is 2.37. The van der Waals surface area contributed by atoms with Gasteiger partial charge >= 0.3 is 5.97 Å². The summed E-state index contributed by atoms with van der Waals surface area (Å²) in [5.41, 5.74) is 5.19. The molecule has 10 nitrogen and oxygen atoms in total. The SMILES string of the molecule is COC(=O)CNCC1(c2ccc(C)cc2)CCN(c2cccn3nc(Nc4cnn(C)c4)nc23)CC1. The van der Waals surface area contributed by atoms with Crippen molar-refractivity contribution in [3.8, 4) is 0 Å². The molecule has 0 aliphatic carbocycles. The highest BCUT2D eigenvalue weighted by Gasteiger charge is 2.36. The Hall–Kier alpha value is -3.92. The average molecular weight is 489 g/mol. The van der Waals surface area contributed by atoms with Gasteiger partial charge in [0.25, 0.3) is 0 Å². The lowest BCUT2D eigenvalue weighted by Crippen LogP contribution is -2.49. The van der Waals surface area contributed by atoms with Crippen LogP contribution in [-0.4, -0.2) is 63.6 Å². The minimum absolute atomic E-state index is 0.0655. The van der Waals surface area contributed by atoms with Gasteiger partial charge in [-0.25, -0.2) is 4.52 Å². The van der Waals surface area contributed by atoms with Gasteiger partial charge in [-0.3, -0.25) is 9.48 Å². The third-order valence-electron chi connectivity index (χ3n) is 6.99. The average Bonchev–Trinajstić information content (AvgIpc) is 3.49. The number of methoxy groups -OCH3 is 1. The molecule has 1 aliphatic rings. The van der Waals surface area contributed by atoms with Crippen molar-refractivity contribution in [1.29, 1.82) is 0 Å². The second kappa shape index (κ2) is 9.98. The quantitative estimate of drug-likeness (QED) is 0.365. The van der Waals surface area contributed by atoms with Gasteiger partial charge < -0.3 is 20.3 Å². The summed E-state index contributed by atoms with van der Waals surface area (Å²) >= 11 is 0. The van der Waals surface area contributed by atoms with Crippen molar-refractivity contribution in [1.82, 2.24) is 29.7 Å². The van der Waals surface area contributed by atoms with Crippen molar-refractivity contribution in [2.45, 2.75) is 25.2 Å². The van der Waals surface area contributed by atoms with Crippen LogP contribution in [0.4, 0.5) is 17.3 Å². The molecule has 1 fully saturated rings. The maximum atomic E-state index is 11.7. The topological polar surface area (TPSA) is 102 Å². The van der Waals surface area contributed by atoms with Crippen LogP contribution in [0.3, 0.4) is 0 Å². The minimum atomic E-state index is -0.249. The van der Waals surface area contributed by atoms with Crippen molar-refractivity contribution in [2.75, 3.05) is 43.5 Å². The van der Waals surface area contributed by atoms with Gasteiger partial charge in [0.15, 0.2) is 5.65 Å². The Morgan fingerprint density at radius 2 is 1.94 bits per heavy atom. The Kier molecular flexibility index (Phi) is 6.60. The third-order valence-corrected chi connectivity index (χ3v) is 6.99. The molecule has 5 rings (SSSR count). The second-order valence-corrected chi connectivity index (χ2v) is 9.44. The van der Waals surface area contributed by atoms with E-state index in [0.717, 1.165) is 43.0 Å². The minimum Gasteiger partial charge on any atom is -0.468 e. The molecule has 1 aromatic carbocycles. The predicted octanol–water partition coefficient (Wildman–Crippen LogP) is 2.82. The highest BCUT2D eigenvalue weighted by molar-refractivity contribution is 5.72. The lowest BCUT2D eigenvalue weighted by molar-refractivity contribution is -0.139. The van der Waals surface area contributed by atoms with Gasteiger partial charge in [0.05, 0.1) is 31.2 Å². The number of aryl methyl sites for hydroxylation is 2. The van der Waals surface area contributed by atoms with E-state index in [0.29, 0.717) is 12.5 Å². The fourth-order valence-corrected chi connectivity index (χ4v) is 4.93. The van der Waals surface area contributed by atoms with Crippen LogP contribution in [-0.2, 0) is 22.0 Å². The molecule has 10 heteroatoms. The van der Waals surface area contributed by atoms with Crippen LogP contribution < -0.4 is 15.5 Å². The van der Waals surface area contributed by atoms with E-state index in [2.05, 4.69) is 63.0 Å². The summed E-state index contributed by atoms with van der Waals surface area (Å²) in [5.74, 6) is 0.286. The van der Waals surface area contributed by atoms with E-state index in [-0.39, 0.29) is 17.9 Å². The number of anilines is 3. The number of benzene rings is 1. The highest BCUT2D eigenvalue weighted by atomic mass is 16.5. The van der Waals surface area contributed by atoms with Gasteiger partial charge in [-0.1, -0.05) is 29.8 Å². The largest absolute Gasteiger partial charge is 0.468 e. The molecule has 3 aromatic heterocycles. The zero-order valence-electron chi connectivity index (χ0n) is 20.9. The Balaban J connectivity index is 1.35. The molecule has 0 radical (unpaired) electrons. The molecule has 0 saturated carbocycles. The van der Waals surface area contributed by atoms with Crippen LogP contribution in [0.5, 0.6) is 0 Å². The van der Waals surface area contributed by atoms with Crippen LogP contribution in [0.15, 0.2) is 55.0 Å². The number of hydrogen-bond acceptors (Lipinski definition) is 8. The van der Waals surface area contributed by atoms with Crippen molar-refractivity contribution < 1.29 is 9.53 Å². The van der Waals surface area contributed by atoms with Crippen molar-refractivity contribution in [2.24, 2.45) is 7.05 Å². The molecular formula is C26H32N8O2. The van der Waals surface area contributed by atoms with E-state index in [9.17, 15) is 4.79 Å². The molecule has 4 aromatic rings. The van der Waals surface area contributed by atoms with E-state index in [1.807, 2.05) is 30.0 Å². The summed E-state index contributed by atoms with van der Waals surface area (Å²) in [4.78, 5) is 18.9. The van der Waals surface area contributed by atoms with E-state index < -0.39 is 0 Å². The van der Waals surface area contributed by atoms with Gasteiger partial charge in [0.2, 0.25) is 5.95 Å². The van der Waals surface area contributed by atoms with E-state index >= 15 is 0 Å². The summed E-state index contributed by atoms with van der Waals surface area (Å²) in [6, 6.07) is 12.9. The fraction of sp³-hybridized carbons (Fsp3) is 0.385. The Morgan fingerprint density at radius 1 is 1.17 bits per heavy atom. The normalized spacial score (nSPS) is 15.2. The van der Waals surface area contributed by atoms with E-state index in [1.54, 1.807) is 10.9 Å². The zero-order chi connectivity index (χ0) is 25.1. The monoisotopic (exact) mass is 488 g/mol. The number of hydrogen-bond donors (Lipinski definition) is 2. The van der Waals surface area contributed by atoms with Gasteiger partial charge in [-0.2, -0.15) is 10.1 Å². The first-order chi connectivity index (χ1) is 17.5. The second-order valence-electron chi connectivity index (χ2n) is 9.44. The summed E-state index contributed by atoms with van der Waals surface area (Å²) in [7, 11) is 3.29. The number of aromatic nitrogens is 5. The summed E-state index contributed by atoms with van der Waals surface area (Å²) in [5, 5.41) is 15.4. The van der Waals surface area contributed by atoms with E-state index in [4.69, 9.17) is 9.72 Å². The first kappa shape index (κ1) is 23.8. The van der Waals surface area contributed by atoms with Gasteiger partial charge in [0.1, 0.15) is 0 Å². The zero-order valence-corrected chi connectivity index (χ0v) is 20.9. The van der Waals surface area contributed by atoms with Crippen LogP contribution in [0.25, 0.3) is 5.65 Å². The number of pyridine rings is 1. The molecule has 36 heavy (non-hydrogen) atoms. The smallest absolute Gasteiger partial charge is 0.319 e. The van der Waals surface area contributed by atoms with Gasteiger partial charge in [-0.05, 0) is 37.5 Å². The predicted molar refractivity (Wildman–Crippen MR) is 139 cm³/mol. The fourth-order valence-electron chi connectivity index (χ4n) is 4.93. The number of nitrogens with zero attached hydrogens (tertiary/aromatic N) is 6. The molecule has 0 bridgehead atoms.